The van der Waals surface area contributed by atoms with E-state index in [9.17, 15) is 0 Å². The van der Waals surface area contributed by atoms with Crippen molar-refractivity contribution in [3.8, 4) is 6.07 Å². The maximum atomic E-state index is 8.45. The summed E-state index contributed by atoms with van der Waals surface area (Å²) < 4.78 is 0. The van der Waals surface area contributed by atoms with Crippen molar-refractivity contribution >= 4 is 0 Å². The Hall–Kier alpha value is -0.550. The largest absolute Gasteiger partial charge is 0.302 e. The molecular formula is C10H18N2. The average molecular weight is 166 g/mol. The average Bonchev–Trinajstić information content (AvgIpc) is 1.99. The smallest absolute Gasteiger partial charge is 0.0635 e. The molecule has 0 aliphatic carbocycles. The Morgan fingerprint density at radius 3 is 2.42 bits per heavy atom. The molecule has 0 aromatic carbocycles. The van der Waals surface area contributed by atoms with Crippen molar-refractivity contribution in [2.24, 2.45) is 11.8 Å². The molecule has 2 heteroatoms. The lowest BCUT2D eigenvalue weighted by Gasteiger charge is -2.34. The van der Waals surface area contributed by atoms with E-state index in [0.29, 0.717) is 6.42 Å². The minimum absolute atomic E-state index is 0.680. The Labute approximate surface area is 75.2 Å². The highest BCUT2D eigenvalue weighted by molar-refractivity contribution is 4.78. The van der Waals surface area contributed by atoms with E-state index < -0.39 is 0 Å². The van der Waals surface area contributed by atoms with Crippen LogP contribution in [0.3, 0.4) is 0 Å². The number of likely N-dealkylation sites (tertiary alicyclic amines) is 1. The molecule has 1 rings (SSSR count). The molecule has 2 nitrogen and oxygen atoms in total. The van der Waals surface area contributed by atoms with E-state index >= 15 is 0 Å². The van der Waals surface area contributed by atoms with Gasteiger partial charge in [-0.05, 0) is 18.3 Å². The van der Waals surface area contributed by atoms with E-state index in [1.807, 2.05) is 0 Å². The van der Waals surface area contributed by atoms with Gasteiger partial charge in [0.05, 0.1) is 6.07 Å². The van der Waals surface area contributed by atoms with Crippen LogP contribution in [0.2, 0.25) is 0 Å². The molecule has 12 heavy (non-hydrogen) atoms. The summed E-state index contributed by atoms with van der Waals surface area (Å²) in [6.45, 7) is 7.94. The van der Waals surface area contributed by atoms with Gasteiger partial charge in [0, 0.05) is 26.1 Å². The van der Waals surface area contributed by atoms with Crippen molar-refractivity contribution in [2.45, 2.75) is 26.7 Å². The standard InChI is InChI=1S/C10H18N2/c1-9-6-10(2)8-12(7-9)5-3-4-11/h9-10H,3,5-8H2,1-2H3/t9-,10-/m1/s1. The molecule has 0 bridgehead atoms. The van der Waals surface area contributed by atoms with E-state index in [-0.39, 0.29) is 0 Å². The van der Waals surface area contributed by atoms with E-state index in [4.69, 9.17) is 5.26 Å². The van der Waals surface area contributed by atoms with Crippen LogP contribution in [0.5, 0.6) is 0 Å². The molecule has 0 saturated carbocycles. The maximum absolute atomic E-state index is 8.45. The molecule has 2 atom stereocenters. The van der Waals surface area contributed by atoms with E-state index in [1.165, 1.54) is 19.5 Å². The van der Waals surface area contributed by atoms with Crippen molar-refractivity contribution in [3.05, 3.63) is 0 Å². The molecule has 0 unspecified atom stereocenters. The highest BCUT2D eigenvalue weighted by atomic mass is 15.1. The minimum Gasteiger partial charge on any atom is -0.302 e. The van der Waals surface area contributed by atoms with Crippen molar-refractivity contribution in [1.29, 1.82) is 5.26 Å². The summed E-state index contributed by atoms with van der Waals surface area (Å²) in [5.74, 6) is 1.62. The normalized spacial score (nSPS) is 31.4. The second-order valence-corrected chi connectivity index (χ2v) is 4.11. The SMILES string of the molecule is C[C@@H]1C[C@@H](C)CN(CCC#N)C1. The molecule has 0 aromatic heterocycles. The fourth-order valence-corrected chi connectivity index (χ4v) is 2.18. The predicted molar refractivity (Wildman–Crippen MR) is 49.6 cm³/mol. The monoisotopic (exact) mass is 166 g/mol. The Kier molecular flexibility index (Phi) is 3.55. The van der Waals surface area contributed by atoms with Crippen LogP contribution in [-0.2, 0) is 0 Å². The summed E-state index contributed by atoms with van der Waals surface area (Å²) >= 11 is 0. The molecule has 0 spiro atoms. The Morgan fingerprint density at radius 2 is 1.92 bits per heavy atom. The molecular weight excluding hydrogens is 148 g/mol. The van der Waals surface area contributed by atoms with Crippen molar-refractivity contribution in [2.75, 3.05) is 19.6 Å². The third-order valence-corrected chi connectivity index (χ3v) is 2.48. The fraction of sp³-hybridized carbons (Fsp3) is 0.900. The number of nitriles is 1. The molecule has 1 aliphatic rings. The van der Waals surface area contributed by atoms with Crippen molar-refractivity contribution < 1.29 is 0 Å². The van der Waals surface area contributed by atoms with Gasteiger partial charge in [0.2, 0.25) is 0 Å². The van der Waals surface area contributed by atoms with Crippen LogP contribution in [-0.4, -0.2) is 24.5 Å². The molecule has 0 aromatic rings. The molecule has 0 radical (unpaired) electrons. The lowest BCUT2D eigenvalue weighted by Crippen LogP contribution is -2.39. The molecule has 68 valence electrons. The Morgan fingerprint density at radius 1 is 1.33 bits per heavy atom. The minimum atomic E-state index is 0.680. The van der Waals surface area contributed by atoms with Gasteiger partial charge >= 0.3 is 0 Å². The quantitative estimate of drug-likeness (QED) is 0.626. The van der Waals surface area contributed by atoms with E-state index in [2.05, 4.69) is 24.8 Å². The van der Waals surface area contributed by atoms with Crippen LogP contribution in [0, 0.1) is 23.2 Å². The van der Waals surface area contributed by atoms with Gasteiger partial charge < -0.3 is 4.90 Å². The summed E-state index contributed by atoms with van der Waals surface area (Å²) in [6, 6.07) is 2.20. The van der Waals surface area contributed by atoms with Crippen LogP contribution in [0.15, 0.2) is 0 Å². The first kappa shape index (κ1) is 9.54. The zero-order valence-electron chi connectivity index (χ0n) is 8.08. The number of piperidine rings is 1. The van der Waals surface area contributed by atoms with Gasteiger partial charge in [0.15, 0.2) is 0 Å². The summed E-state index contributed by atoms with van der Waals surface area (Å²) in [6.07, 6.45) is 2.03. The zero-order chi connectivity index (χ0) is 8.97. The van der Waals surface area contributed by atoms with Gasteiger partial charge in [-0.3, -0.25) is 0 Å². The van der Waals surface area contributed by atoms with E-state index in [1.54, 1.807) is 0 Å². The first-order valence-corrected chi connectivity index (χ1v) is 4.81. The second-order valence-electron chi connectivity index (χ2n) is 4.11. The highest BCUT2D eigenvalue weighted by Crippen LogP contribution is 2.20. The molecule has 1 heterocycles. The van der Waals surface area contributed by atoms with Crippen molar-refractivity contribution in [1.82, 2.24) is 4.90 Å². The van der Waals surface area contributed by atoms with Crippen LogP contribution in [0.4, 0.5) is 0 Å². The summed E-state index contributed by atoms with van der Waals surface area (Å²) in [5, 5.41) is 8.45. The van der Waals surface area contributed by atoms with Gasteiger partial charge in [-0.2, -0.15) is 5.26 Å². The van der Waals surface area contributed by atoms with Crippen LogP contribution in [0.25, 0.3) is 0 Å². The lowest BCUT2D eigenvalue weighted by atomic mass is 9.92. The number of hydrogen-bond donors (Lipinski definition) is 0. The second kappa shape index (κ2) is 4.47. The zero-order valence-corrected chi connectivity index (χ0v) is 8.08. The molecule has 1 fully saturated rings. The first-order valence-electron chi connectivity index (χ1n) is 4.81. The number of hydrogen-bond acceptors (Lipinski definition) is 2. The van der Waals surface area contributed by atoms with Crippen LogP contribution in [0.1, 0.15) is 26.7 Å². The van der Waals surface area contributed by atoms with Crippen molar-refractivity contribution in [3.63, 3.8) is 0 Å². The Balaban J connectivity index is 2.30. The third-order valence-electron chi connectivity index (χ3n) is 2.48. The predicted octanol–water partition coefficient (Wildman–Crippen LogP) is 1.88. The summed E-state index contributed by atoms with van der Waals surface area (Å²) in [4.78, 5) is 2.42. The number of nitrogens with zero attached hydrogens (tertiary/aromatic N) is 2. The van der Waals surface area contributed by atoms with Gasteiger partial charge in [0.1, 0.15) is 0 Å². The summed E-state index contributed by atoms with van der Waals surface area (Å²) in [7, 11) is 0. The summed E-state index contributed by atoms with van der Waals surface area (Å²) in [5.41, 5.74) is 0. The number of rotatable bonds is 2. The highest BCUT2D eigenvalue weighted by Gasteiger charge is 2.20. The van der Waals surface area contributed by atoms with Gasteiger partial charge in [-0.1, -0.05) is 13.8 Å². The third kappa shape index (κ3) is 2.83. The topological polar surface area (TPSA) is 27.0 Å². The molecule has 0 amide bonds. The fourth-order valence-electron chi connectivity index (χ4n) is 2.18. The van der Waals surface area contributed by atoms with E-state index in [0.717, 1.165) is 18.4 Å². The maximum Gasteiger partial charge on any atom is 0.0635 e. The lowest BCUT2D eigenvalue weighted by molar-refractivity contribution is 0.144. The Bertz CT molecular complexity index is 161. The van der Waals surface area contributed by atoms with Crippen LogP contribution < -0.4 is 0 Å². The molecule has 1 aliphatic heterocycles. The van der Waals surface area contributed by atoms with Gasteiger partial charge in [0.25, 0.3) is 0 Å². The van der Waals surface area contributed by atoms with Crippen LogP contribution >= 0.6 is 0 Å². The molecule has 0 N–H and O–H groups in total. The molecule has 1 saturated heterocycles. The van der Waals surface area contributed by atoms with Gasteiger partial charge in [-0.25, -0.2) is 0 Å². The van der Waals surface area contributed by atoms with Gasteiger partial charge in [-0.15, -0.1) is 0 Å². The first-order chi connectivity index (χ1) is 5.72.